The van der Waals surface area contributed by atoms with Gasteiger partial charge in [-0.15, -0.1) is 6.58 Å². The van der Waals surface area contributed by atoms with E-state index in [0.717, 1.165) is 16.7 Å². The van der Waals surface area contributed by atoms with E-state index in [0.29, 0.717) is 24.0 Å². The first-order valence-electron chi connectivity index (χ1n) is 6.29. The fourth-order valence-corrected chi connectivity index (χ4v) is 2.63. The Labute approximate surface area is 112 Å². The molecule has 2 nitrogen and oxygen atoms in total. The molecule has 0 unspecified atom stereocenters. The molecular weight excluding hydrogens is 236 g/mol. The van der Waals surface area contributed by atoms with Crippen molar-refractivity contribution >= 4 is 5.78 Å². The molecular formula is C17H14O2. The van der Waals surface area contributed by atoms with Gasteiger partial charge in [0.25, 0.3) is 0 Å². The topological polar surface area (TPSA) is 37.3 Å². The Bertz CT molecular complexity index is 684. The van der Waals surface area contributed by atoms with E-state index in [-0.39, 0.29) is 11.5 Å². The number of hydrogen-bond acceptors (Lipinski definition) is 2. The maximum absolute atomic E-state index is 12.5. The second-order valence-corrected chi connectivity index (χ2v) is 4.76. The molecule has 19 heavy (non-hydrogen) atoms. The van der Waals surface area contributed by atoms with Crippen LogP contribution in [0.1, 0.15) is 32.6 Å². The van der Waals surface area contributed by atoms with Crippen LogP contribution in [0, 0.1) is 0 Å². The van der Waals surface area contributed by atoms with Crippen LogP contribution in [0.3, 0.4) is 0 Å². The molecule has 0 aliphatic heterocycles. The van der Waals surface area contributed by atoms with Crippen molar-refractivity contribution in [3.63, 3.8) is 0 Å². The third-order valence-corrected chi connectivity index (χ3v) is 3.58. The van der Waals surface area contributed by atoms with Gasteiger partial charge in [0.1, 0.15) is 5.75 Å². The fraction of sp³-hybridized carbons (Fsp3) is 0.118. The summed E-state index contributed by atoms with van der Waals surface area (Å²) in [5.41, 5.74) is 3.82. The zero-order valence-electron chi connectivity index (χ0n) is 10.5. The first-order chi connectivity index (χ1) is 9.22. The summed E-state index contributed by atoms with van der Waals surface area (Å²) in [6.45, 7) is 3.67. The number of carbonyl (C=O) groups excluding carboxylic acids is 1. The van der Waals surface area contributed by atoms with E-state index in [1.165, 1.54) is 0 Å². The highest BCUT2D eigenvalue weighted by atomic mass is 16.3. The first kappa shape index (κ1) is 11.7. The van der Waals surface area contributed by atoms with Crippen molar-refractivity contribution in [3.05, 3.63) is 76.9 Å². The summed E-state index contributed by atoms with van der Waals surface area (Å²) in [7, 11) is 0. The second-order valence-electron chi connectivity index (χ2n) is 4.76. The van der Waals surface area contributed by atoms with Crippen molar-refractivity contribution in [2.24, 2.45) is 0 Å². The van der Waals surface area contributed by atoms with Gasteiger partial charge < -0.3 is 5.11 Å². The van der Waals surface area contributed by atoms with Gasteiger partial charge in [-0.1, -0.05) is 42.5 Å². The molecule has 1 N–H and O–H groups in total. The Kier molecular flexibility index (Phi) is 2.71. The molecule has 0 fully saturated rings. The number of allylic oxidation sites excluding steroid dienone is 1. The molecule has 0 bridgehead atoms. The van der Waals surface area contributed by atoms with Crippen molar-refractivity contribution in [2.75, 3.05) is 0 Å². The van der Waals surface area contributed by atoms with Crippen molar-refractivity contribution < 1.29 is 9.90 Å². The average Bonchev–Trinajstić information content (AvgIpc) is 2.42. The minimum atomic E-state index is -0.0831. The molecule has 3 rings (SSSR count). The minimum absolute atomic E-state index is 0.0831. The van der Waals surface area contributed by atoms with Crippen LogP contribution in [0.5, 0.6) is 5.75 Å². The lowest BCUT2D eigenvalue weighted by Crippen LogP contribution is -2.15. The Hall–Kier alpha value is -2.35. The second kappa shape index (κ2) is 4.39. The van der Waals surface area contributed by atoms with Crippen LogP contribution in [-0.2, 0) is 12.8 Å². The maximum atomic E-state index is 12.5. The maximum Gasteiger partial charge on any atom is 0.197 e. The summed E-state index contributed by atoms with van der Waals surface area (Å²) >= 11 is 0. The largest absolute Gasteiger partial charge is 0.507 e. The summed E-state index contributed by atoms with van der Waals surface area (Å²) in [6, 6.07) is 11.4. The van der Waals surface area contributed by atoms with E-state index < -0.39 is 0 Å². The van der Waals surface area contributed by atoms with Crippen LogP contribution >= 0.6 is 0 Å². The molecule has 0 heterocycles. The number of rotatable bonds is 2. The molecule has 0 spiro atoms. The van der Waals surface area contributed by atoms with Gasteiger partial charge >= 0.3 is 0 Å². The molecule has 1 aliphatic carbocycles. The molecule has 94 valence electrons. The highest BCUT2D eigenvalue weighted by molar-refractivity contribution is 6.14. The lowest BCUT2D eigenvalue weighted by molar-refractivity contribution is 0.103. The molecule has 2 heteroatoms. The number of ketones is 1. The van der Waals surface area contributed by atoms with E-state index in [1.807, 2.05) is 36.4 Å². The van der Waals surface area contributed by atoms with Crippen molar-refractivity contribution in [1.29, 1.82) is 0 Å². The van der Waals surface area contributed by atoms with Crippen LogP contribution in [0.4, 0.5) is 0 Å². The molecule has 0 amide bonds. The van der Waals surface area contributed by atoms with Gasteiger partial charge in [0.15, 0.2) is 5.78 Å². The number of benzene rings is 2. The van der Waals surface area contributed by atoms with Gasteiger partial charge in [-0.3, -0.25) is 4.79 Å². The monoisotopic (exact) mass is 250 g/mol. The predicted octanol–water partition coefficient (Wildman–Crippen LogP) is 3.26. The van der Waals surface area contributed by atoms with Gasteiger partial charge in [0.05, 0.1) is 5.56 Å². The summed E-state index contributed by atoms with van der Waals surface area (Å²) in [6.07, 6.45) is 2.98. The molecule has 0 saturated heterocycles. The number of phenols is 1. The van der Waals surface area contributed by atoms with Gasteiger partial charge in [-0.2, -0.15) is 0 Å². The minimum Gasteiger partial charge on any atom is -0.507 e. The Balaban J connectivity index is 2.19. The van der Waals surface area contributed by atoms with Crippen LogP contribution in [0.2, 0.25) is 0 Å². The molecule has 1 aliphatic rings. The Morgan fingerprint density at radius 1 is 1.16 bits per heavy atom. The van der Waals surface area contributed by atoms with Crippen LogP contribution in [-0.4, -0.2) is 10.9 Å². The van der Waals surface area contributed by atoms with Crippen molar-refractivity contribution in [1.82, 2.24) is 0 Å². The van der Waals surface area contributed by atoms with Gasteiger partial charge in [-0.25, -0.2) is 0 Å². The quantitative estimate of drug-likeness (QED) is 0.709. The molecule has 2 aromatic carbocycles. The summed E-state index contributed by atoms with van der Waals surface area (Å²) < 4.78 is 0. The van der Waals surface area contributed by atoms with E-state index in [4.69, 9.17) is 0 Å². The third kappa shape index (κ3) is 1.76. The highest BCUT2D eigenvalue weighted by Gasteiger charge is 2.26. The third-order valence-electron chi connectivity index (χ3n) is 3.58. The Morgan fingerprint density at radius 3 is 2.74 bits per heavy atom. The highest BCUT2D eigenvalue weighted by Crippen LogP contribution is 2.34. The standard InChI is InChI=1S/C17H14O2/c1-2-5-11-8-9-13-10-12-6-3-4-7-14(12)17(19)15(13)16(11)18/h2-4,6-9,18H,1,5,10H2. The summed E-state index contributed by atoms with van der Waals surface area (Å²) in [4.78, 5) is 12.5. The van der Waals surface area contributed by atoms with Crippen molar-refractivity contribution in [2.45, 2.75) is 12.8 Å². The van der Waals surface area contributed by atoms with E-state index in [9.17, 15) is 9.90 Å². The fourth-order valence-electron chi connectivity index (χ4n) is 2.63. The smallest absolute Gasteiger partial charge is 0.197 e. The number of aromatic hydroxyl groups is 1. The lowest BCUT2D eigenvalue weighted by Gasteiger charge is -2.20. The molecule has 0 saturated carbocycles. The normalized spacial score (nSPS) is 12.7. The lowest BCUT2D eigenvalue weighted by atomic mass is 9.83. The molecule has 0 aromatic heterocycles. The SMILES string of the molecule is C=CCc1ccc2c(c1O)C(=O)c1ccccc1C2. The summed E-state index contributed by atoms with van der Waals surface area (Å²) in [5, 5.41) is 10.3. The van der Waals surface area contributed by atoms with Crippen LogP contribution in [0.25, 0.3) is 0 Å². The van der Waals surface area contributed by atoms with E-state index >= 15 is 0 Å². The average molecular weight is 250 g/mol. The van der Waals surface area contributed by atoms with E-state index in [2.05, 4.69) is 6.58 Å². The van der Waals surface area contributed by atoms with Gasteiger partial charge in [0, 0.05) is 5.56 Å². The molecule has 2 aromatic rings. The number of phenolic OH excluding ortho intramolecular Hbond substituents is 1. The zero-order valence-corrected chi connectivity index (χ0v) is 10.5. The zero-order chi connectivity index (χ0) is 13.4. The Morgan fingerprint density at radius 2 is 1.95 bits per heavy atom. The van der Waals surface area contributed by atoms with Crippen LogP contribution < -0.4 is 0 Å². The number of carbonyl (C=O) groups is 1. The first-order valence-corrected chi connectivity index (χ1v) is 6.29. The summed E-state index contributed by atoms with van der Waals surface area (Å²) in [5.74, 6) is 0.0252. The predicted molar refractivity (Wildman–Crippen MR) is 74.7 cm³/mol. The van der Waals surface area contributed by atoms with Gasteiger partial charge in [0.2, 0.25) is 0 Å². The number of fused-ring (bicyclic) bond motifs is 2. The molecule has 0 atom stereocenters. The molecule has 0 radical (unpaired) electrons. The van der Waals surface area contributed by atoms with Crippen LogP contribution in [0.15, 0.2) is 49.1 Å². The van der Waals surface area contributed by atoms with Crippen molar-refractivity contribution in [3.8, 4) is 5.75 Å². The van der Waals surface area contributed by atoms with E-state index in [1.54, 1.807) is 6.08 Å². The van der Waals surface area contributed by atoms with Gasteiger partial charge in [-0.05, 0) is 29.5 Å². The number of hydrogen-bond donors (Lipinski definition) is 1.